The molecule has 2 saturated heterocycles. The molecule has 0 aliphatic carbocycles. The molecule has 2 aliphatic rings. The Kier molecular flexibility index (Phi) is 9.08. The third-order valence-electron chi connectivity index (χ3n) is 5.78. The molecular weight excluding hydrogens is 494 g/mol. The lowest BCUT2D eigenvalue weighted by atomic mass is 10.2. The average molecular weight is 526 g/mol. The number of rotatable bonds is 9. The Bertz CT molecular complexity index is 1180. The van der Waals surface area contributed by atoms with Gasteiger partial charge in [-0.2, -0.15) is 0 Å². The van der Waals surface area contributed by atoms with Gasteiger partial charge in [-0.3, -0.25) is 14.5 Å². The van der Waals surface area contributed by atoms with Crippen LogP contribution in [0.3, 0.4) is 0 Å². The first-order valence-electron chi connectivity index (χ1n) is 12.2. The summed E-state index contributed by atoms with van der Waals surface area (Å²) in [4.78, 5) is 34.2. The Hall–Kier alpha value is -3.50. The van der Waals surface area contributed by atoms with Crippen molar-refractivity contribution in [3.8, 4) is 17.2 Å². The number of carbonyl (C=O) groups excluding carboxylic acids is 2. The summed E-state index contributed by atoms with van der Waals surface area (Å²) in [5, 5.41) is 0.621. The summed E-state index contributed by atoms with van der Waals surface area (Å²) in [5.74, 6) is 1.55. The average Bonchev–Trinajstić information content (AvgIpc) is 3.22. The van der Waals surface area contributed by atoms with Crippen LogP contribution in [0.4, 0.5) is 5.69 Å². The molecule has 0 spiro atoms. The monoisotopic (exact) mass is 525 g/mol. The Morgan fingerprint density at radius 3 is 2.51 bits per heavy atom. The van der Waals surface area contributed by atoms with Crippen LogP contribution in [0.1, 0.15) is 19.4 Å². The summed E-state index contributed by atoms with van der Waals surface area (Å²) >= 11 is 1.33. The highest BCUT2D eigenvalue weighted by molar-refractivity contribution is 8.18. The van der Waals surface area contributed by atoms with Crippen molar-refractivity contribution in [2.24, 2.45) is 4.99 Å². The van der Waals surface area contributed by atoms with Crippen molar-refractivity contribution in [1.82, 2.24) is 9.80 Å². The molecule has 9 nitrogen and oxygen atoms in total. The van der Waals surface area contributed by atoms with Gasteiger partial charge in [0.05, 0.1) is 37.5 Å². The molecule has 10 heteroatoms. The summed E-state index contributed by atoms with van der Waals surface area (Å²) in [6.45, 7) is 6.87. The number of hydrogen-bond donors (Lipinski definition) is 0. The largest absolute Gasteiger partial charge is 0.497 e. The van der Waals surface area contributed by atoms with Gasteiger partial charge in [0, 0.05) is 19.6 Å². The fraction of sp³-hybridized carbons (Fsp3) is 0.370. The molecule has 2 aliphatic heterocycles. The molecule has 196 valence electrons. The number of amidine groups is 1. The molecule has 37 heavy (non-hydrogen) atoms. The van der Waals surface area contributed by atoms with Gasteiger partial charge < -0.3 is 23.8 Å². The number of amides is 2. The van der Waals surface area contributed by atoms with Gasteiger partial charge in [0.25, 0.3) is 11.8 Å². The van der Waals surface area contributed by atoms with E-state index in [4.69, 9.17) is 18.9 Å². The van der Waals surface area contributed by atoms with Crippen LogP contribution in [0.2, 0.25) is 0 Å². The van der Waals surface area contributed by atoms with Crippen molar-refractivity contribution >= 4 is 40.5 Å². The molecule has 0 saturated carbocycles. The Morgan fingerprint density at radius 2 is 1.84 bits per heavy atom. The van der Waals surface area contributed by atoms with Crippen molar-refractivity contribution in [3.63, 3.8) is 0 Å². The number of methoxy groups -OCH3 is 1. The highest BCUT2D eigenvalue weighted by Crippen LogP contribution is 2.36. The Labute approximate surface area is 221 Å². The quantitative estimate of drug-likeness (QED) is 0.458. The van der Waals surface area contributed by atoms with E-state index in [0.717, 1.165) is 17.0 Å². The molecule has 0 N–H and O–H groups in total. The number of aliphatic imine (C=N–C) groups is 1. The van der Waals surface area contributed by atoms with Gasteiger partial charge in [-0.05, 0) is 73.6 Å². The molecule has 2 amide bonds. The molecule has 0 bridgehead atoms. The van der Waals surface area contributed by atoms with Crippen molar-refractivity contribution in [1.29, 1.82) is 0 Å². The van der Waals surface area contributed by atoms with Gasteiger partial charge in [-0.15, -0.1) is 0 Å². The van der Waals surface area contributed by atoms with Gasteiger partial charge in [0.2, 0.25) is 0 Å². The molecule has 4 rings (SSSR count). The summed E-state index contributed by atoms with van der Waals surface area (Å²) in [6, 6.07) is 12.8. The fourth-order valence-electron chi connectivity index (χ4n) is 3.83. The number of morpholine rings is 1. The van der Waals surface area contributed by atoms with Crippen LogP contribution < -0.4 is 14.2 Å². The summed E-state index contributed by atoms with van der Waals surface area (Å²) < 4.78 is 22.1. The minimum Gasteiger partial charge on any atom is -0.497 e. The van der Waals surface area contributed by atoms with Crippen LogP contribution in [0, 0.1) is 0 Å². The van der Waals surface area contributed by atoms with Crippen molar-refractivity contribution in [3.05, 3.63) is 52.9 Å². The highest BCUT2D eigenvalue weighted by Gasteiger charge is 2.32. The number of benzene rings is 2. The molecule has 2 aromatic carbocycles. The topological polar surface area (TPSA) is 89.9 Å². The van der Waals surface area contributed by atoms with E-state index in [2.05, 4.69) is 4.99 Å². The van der Waals surface area contributed by atoms with E-state index in [1.807, 2.05) is 56.3 Å². The van der Waals surface area contributed by atoms with Crippen LogP contribution in [0.15, 0.2) is 52.4 Å². The molecule has 2 aromatic rings. The van der Waals surface area contributed by atoms with Crippen LogP contribution >= 0.6 is 11.8 Å². The molecule has 0 atom stereocenters. The third kappa shape index (κ3) is 6.64. The van der Waals surface area contributed by atoms with E-state index >= 15 is 0 Å². The maximum absolute atomic E-state index is 13.1. The first-order valence-corrected chi connectivity index (χ1v) is 13.0. The van der Waals surface area contributed by atoms with E-state index in [1.54, 1.807) is 23.0 Å². The van der Waals surface area contributed by atoms with E-state index in [9.17, 15) is 9.59 Å². The number of nitrogens with zero attached hydrogens (tertiary/aromatic N) is 3. The first-order chi connectivity index (χ1) is 18.0. The van der Waals surface area contributed by atoms with Crippen LogP contribution in [-0.2, 0) is 14.3 Å². The smallest absolute Gasteiger partial charge is 0.266 e. The molecule has 0 radical (unpaired) electrons. The lowest BCUT2D eigenvalue weighted by molar-refractivity contribution is -0.137. The van der Waals surface area contributed by atoms with Crippen LogP contribution in [0.25, 0.3) is 6.08 Å². The minimum atomic E-state index is -0.103. The molecule has 0 unspecified atom stereocenters. The second-order valence-corrected chi connectivity index (χ2v) is 9.18. The second kappa shape index (κ2) is 12.6. The van der Waals surface area contributed by atoms with Gasteiger partial charge in [-0.1, -0.05) is 6.07 Å². The molecule has 2 heterocycles. The zero-order valence-corrected chi connectivity index (χ0v) is 22.1. The van der Waals surface area contributed by atoms with Gasteiger partial charge in [0.15, 0.2) is 23.3 Å². The van der Waals surface area contributed by atoms with Crippen molar-refractivity contribution in [2.75, 3.05) is 53.2 Å². The third-order valence-corrected chi connectivity index (χ3v) is 6.79. The van der Waals surface area contributed by atoms with Crippen LogP contribution in [-0.4, -0.2) is 80.0 Å². The first kappa shape index (κ1) is 26.6. The van der Waals surface area contributed by atoms with Crippen molar-refractivity contribution < 1.29 is 28.5 Å². The Balaban J connectivity index is 1.50. The maximum atomic E-state index is 13.1. The maximum Gasteiger partial charge on any atom is 0.266 e. The predicted octanol–water partition coefficient (Wildman–Crippen LogP) is 3.96. The fourth-order valence-corrected chi connectivity index (χ4v) is 4.90. The Morgan fingerprint density at radius 1 is 1.08 bits per heavy atom. The van der Waals surface area contributed by atoms with E-state index in [1.165, 1.54) is 11.8 Å². The number of ether oxygens (including phenoxy) is 4. The zero-order valence-electron chi connectivity index (χ0n) is 21.3. The number of likely N-dealkylation sites (N-methyl/N-ethyl adjacent to an activating group) is 1. The van der Waals surface area contributed by atoms with Gasteiger partial charge >= 0.3 is 0 Å². The lowest BCUT2D eigenvalue weighted by Gasteiger charge is -2.26. The van der Waals surface area contributed by atoms with Gasteiger partial charge in [-0.25, -0.2) is 4.99 Å². The molecule has 0 aromatic heterocycles. The van der Waals surface area contributed by atoms with E-state index in [0.29, 0.717) is 61.0 Å². The van der Waals surface area contributed by atoms with Crippen molar-refractivity contribution in [2.45, 2.75) is 13.8 Å². The van der Waals surface area contributed by atoms with E-state index < -0.39 is 0 Å². The number of thioether (sulfide) groups is 1. The lowest BCUT2D eigenvalue weighted by Crippen LogP contribution is -2.43. The minimum absolute atomic E-state index is 0.0779. The second-order valence-electron chi connectivity index (χ2n) is 8.17. The summed E-state index contributed by atoms with van der Waals surface area (Å²) in [5.41, 5.74) is 1.52. The van der Waals surface area contributed by atoms with Crippen LogP contribution in [0.5, 0.6) is 17.2 Å². The molecular formula is C27H31N3O6S. The number of carbonyl (C=O) groups is 2. The van der Waals surface area contributed by atoms with E-state index in [-0.39, 0.29) is 18.4 Å². The standard InChI is InChI=1S/C27H31N3O6S/c1-4-30-26(32)24(37-27(30)28-20-7-9-21(33-3)10-8-20)17-19-6-11-22(23(16-19)35-5-2)36-18-25(31)29-12-14-34-15-13-29/h6-11,16-17H,4-5,12-15,18H2,1-3H3/b24-17-,28-27?. The summed E-state index contributed by atoms with van der Waals surface area (Å²) in [6.07, 6.45) is 1.82. The predicted molar refractivity (Wildman–Crippen MR) is 144 cm³/mol. The zero-order chi connectivity index (χ0) is 26.2. The molecule has 2 fully saturated rings. The van der Waals surface area contributed by atoms with Gasteiger partial charge in [0.1, 0.15) is 5.75 Å². The SMILES string of the molecule is CCOc1cc(/C=C2\SC(=Nc3ccc(OC)cc3)N(CC)C2=O)ccc1OCC(=O)N1CCOCC1. The highest BCUT2D eigenvalue weighted by atomic mass is 32.2. The number of hydrogen-bond acceptors (Lipinski definition) is 8. The normalized spacial score (nSPS) is 18.0. The summed E-state index contributed by atoms with van der Waals surface area (Å²) in [7, 11) is 1.61.